The highest BCUT2D eigenvalue weighted by Gasteiger charge is 2.13. The van der Waals surface area contributed by atoms with Gasteiger partial charge in [0.25, 0.3) is 0 Å². The molecule has 0 aromatic heterocycles. The molecule has 3 rings (SSSR count). The van der Waals surface area contributed by atoms with Gasteiger partial charge in [-0.15, -0.1) is 0 Å². The van der Waals surface area contributed by atoms with Crippen LogP contribution in [0.15, 0.2) is 42.5 Å². The fraction of sp³-hybridized carbons (Fsp3) is 0.368. The van der Waals surface area contributed by atoms with Crippen LogP contribution in [-0.4, -0.2) is 5.11 Å². The van der Waals surface area contributed by atoms with Crippen LogP contribution in [0.25, 0.3) is 0 Å². The third kappa shape index (κ3) is 3.17. The first-order valence-corrected chi connectivity index (χ1v) is 7.80. The molecule has 0 radical (unpaired) electrons. The van der Waals surface area contributed by atoms with E-state index in [1.54, 1.807) is 0 Å². The van der Waals surface area contributed by atoms with Crippen LogP contribution in [0.5, 0.6) is 0 Å². The Morgan fingerprint density at radius 1 is 1.05 bits per heavy atom. The van der Waals surface area contributed by atoms with Crippen molar-refractivity contribution in [2.75, 3.05) is 0 Å². The number of aryl methyl sites for hydroxylation is 2. The Labute approximate surface area is 126 Å². The minimum Gasteiger partial charge on any atom is -0.392 e. The standard InChI is InChI=1S/C19H23NO/c1-14(16-10-9-15-7-4-8-17(15)11-16)20-12-18-5-2-3-6-19(18)13-21/h2-3,5-6,9-11,14,20-21H,4,7-8,12-13H2,1H3. The minimum atomic E-state index is 0.102. The van der Waals surface area contributed by atoms with Crippen molar-refractivity contribution in [1.82, 2.24) is 5.32 Å². The lowest BCUT2D eigenvalue weighted by Gasteiger charge is -2.17. The van der Waals surface area contributed by atoms with Gasteiger partial charge >= 0.3 is 0 Å². The van der Waals surface area contributed by atoms with Crippen molar-refractivity contribution in [3.05, 3.63) is 70.3 Å². The van der Waals surface area contributed by atoms with Crippen LogP contribution < -0.4 is 5.32 Å². The predicted octanol–water partition coefficient (Wildman–Crippen LogP) is 3.52. The number of fused-ring (bicyclic) bond motifs is 1. The van der Waals surface area contributed by atoms with Crippen molar-refractivity contribution in [3.8, 4) is 0 Å². The van der Waals surface area contributed by atoms with Gasteiger partial charge in [0.2, 0.25) is 0 Å². The quantitative estimate of drug-likeness (QED) is 0.879. The Morgan fingerprint density at radius 2 is 1.81 bits per heavy atom. The molecule has 0 spiro atoms. The number of hydrogen-bond donors (Lipinski definition) is 2. The highest BCUT2D eigenvalue weighted by atomic mass is 16.3. The maximum atomic E-state index is 9.38. The van der Waals surface area contributed by atoms with Gasteiger partial charge in [0.05, 0.1) is 6.61 Å². The van der Waals surface area contributed by atoms with Crippen LogP contribution in [0.4, 0.5) is 0 Å². The summed E-state index contributed by atoms with van der Waals surface area (Å²) in [6.07, 6.45) is 3.76. The zero-order valence-corrected chi connectivity index (χ0v) is 12.6. The van der Waals surface area contributed by atoms with Gasteiger partial charge in [-0.2, -0.15) is 0 Å². The van der Waals surface area contributed by atoms with Crippen molar-refractivity contribution in [3.63, 3.8) is 0 Å². The zero-order chi connectivity index (χ0) is 14.7. The van der Waals surface area contributed by atoms with Crippen molar-refractivity contribution >= 4 is 0 Å². The van der Waals surface area contributed by atoms with E-state index in [-0.39, 0.29) is 6.61 Å². The van der Waals surface area contributed by atoms with Gasteiger partial charge in [0.15, 0.2) is 0 Å². The zero-order valence-electron chi connectivity index (χ0n) is 12.6. The van der Waals surface area contributed by atoms with E-state index in [1.165, 1.54) is 41.5 Å². The van der Waals surface area contributed by atoms with Crippen molar-refractivity contribution < 1.29 is 5.11 Å². The van der Waals surface area contributed by atoms with E-state index in [9.17, 15) is 5.11 Å². The van der Waals surface area contributed by atoms with Crippen LogP contribution in [0, 0.1) is 0 Å². The summed E-state index contributed by atoms with van der Waals surface area (Å²) < 4.78 is 0. The first kappa shape index (κ1) is 14.3. The predicted molar refractivity (Wildman–Crippen MR) is 86.1 cm³/mol. The first-order valence-electron chi connectivity index (χ1n) is 7.80. The molecule has 1 aliphatic carbocycles. The second-order valence-corrected chi connectivity index (χ2v) is 5.91. The number of aliphatic hydroxyl groups excluding tert-OH is 1. The summed E-state index contributed by atoms with van der Waals surface area (Å²) in [5.41, 5.74) is 6.59. The number of aliphatic hydroxyl groups is 1. The summed E-state index contributed by atoms with van der Waals surface area (Å²) in [6.45, 7) is 3.10. The molecule has 0 saturated carbocycles. The summed E-state index contributed by atoms with van der Waals surface area (Å²) in [5.74, 6) is 0. The third-order valence-corrected chi connectivity index (χ3v) is 4.51. The lowest BCUT2D eigenvalue weighted by molar-refractivity contribution is 0.280. The van der Waals surface area contributed by atoms with E-state index in [1.807, 2.05) is 18.2 Å². The summed E-state index contributed by atoms with van der Waals surface area (Å²) in [4.78, 5) is 0. The van der Waals surface area contributed by atoms with Gasteiger partial charge in [-0.1, -0.05) is 42.5 Å². The summed E-state index contributed by atoms with van der Waals surface area (Å²) in [7, 11) is 0. The minimum absolute atomic E-state index is 0.102. The van der Waals surface area contributed by atoms with Gasteiger partial charge in [0.1, 0.15) is 0 Å². The molecule has 2 nitrogen and oxygen atoms in total. The first-order chi connectivity index (χ1) is 10.3. The molecule has 2 N–H and O–H groups in total. The molecule has 110 valence electrons. The average Bonchev–Trinajstić information content (AvgIpc) is 3.00. The van der Waals surface area contributed by atoms with E-state index >= 15 is 0 Å². The van der Waals surface area contributed by atoms with E-state index in [0.717, 1.165) is 12.1 Å². The summed E-state index contributed by atoms with van der Waals surface area (Å²) in [6, 6.07) is 15.3. The van der Waals surface area contributed by atoms with Gasteiger partial charge in [-0.3, -0.25) is 0 Å². The largest absolute Gasteiger partial charge is 0.392 e. The molecule has 2 heteroatoms. The van der Waals surface area contributed by atoms with Crippen LogP contribution in [0.3, 0.4) is 0 Å². The summed E-state index contributed by atoms with van der Waals surface area (Å²) in [5, 5.41) is 12.9. The van der Waals surface area contributed by atoms with Gasteiger partial charge in [0, 0.05) is 12.6 Å². The Balaban J connectivity index is 1.67. The Bertz CT molecular complexity index is 621. The van der Waals surface area contributed by atoms with E-state index in [2.05, 4.69) is 36.5 Å². The lowest BCUT2D eigenvalue weighted by Crippen LogP contribution is -2.19. The molecule has 0 amide bonds. The van der Waals surface area contributed by atoms with E-state index in [4.69, 9.17) is 0 Å². The molecule has 1 atom stereocenters. The highest BCUT2D eigenvalue weighted by molar-refractivity contribution is 5.36. The van der Waals surface area contributed by atoms with E-state index in [0.29, 0.717) is 6.04 Å². The molecule has 0 aliphatic heterocycles. The normalized spacial score (nSPS) is 15.0. The molecule has 0 heterocycles. The van der Waals surface area contributed by atoms with Crippen LogP contribution in [0.1, 0.15) is 47.2 Å². The average molecular weight is 281 g/mol. The maximum absolute atomic E-state index is 9.38. The Morgan fingerprint density at radius 3 is 2.62 bits per heavy atom. The Kier molecular flexibility index (Phi) is 4.37. The number of hydrogen-bond acceptors (Lipinski definition) is 2. The van der Waals surface area contributed by atoms with Crippen molar-refractivity contribution in [2.24, 2.45) is 0 Å². The van der Waals surface area contributed by atoms with Crippen molar-refractivity contribution in [2.45, 2.75) is 45.4 Å². The van der Waals surface area contributed by atoms with Crippen LogP contribution >= 0.6 is 0 Å². The number of rotatable bonds is 5. The topological polar surface area (TPSA) is 32.3 Å². The molecule has 1 aliphatic rings. The Hall–Kier alpha value is -1.64. The SMILES string of the molecule is CC(NCc1ccccc1CO)c1ccc2c(c1)CCC2. The molecule has 0 saturated heterocycles. The lowest BCUT2D eigenvalue weighted by atomic mass is 10.0. The third-order valence-electron chi connectivity index (χ3n) is 4.51. The number of benzene rings is 2. The molecular formula is C19H23NO. The van der Waals surface area contributed by atoms with Crippen LogP contribution in [-0.2, 0) is 26.0 Å². The van der Waals surface area contributed by atoms with Crippen LogP contribution in [0.2, 0.25) is 0 Å². The fourth-order valence-electron chi connectivity index (χ4n) is 3.13. The van der Waals surface area contributed by atoms with Crippen molar-refractivity contribution in [1.29, 1.82) is 0 Å². The van der Waals surface area contributed by atoms with Gasteiger partial charge in [-0.25, -0.2) is 0 Å². The second kappa shape index (κ2) is 6.42. The molecule has 1 unspecified atom stereocenters. The fourth-order valence-corrected chi connectivity index (χ4v) is 3.13. The summed E-state index contributed by atoms with van der Waals surface area (Å²) >= 11 is 0. The maximum Gasteiger partial charge on any atom is 0.0685 e. The smallest absolute Gasteiger partial charge is 0.0685 e. The number of nitrogens with one attached hydrogen (secondary N) is 1. The highest BCUT2D eigenvalue weighted by Crippen LogP contribution is 2.25. The molecular weight excluding hydrogens is 258 g/mol. The van der Waals surface area contributed by atoms with Gasteiger partial charge < -0.3 is 10.4 Å². The van der Waals surface area contributed by atoms with E-state index < -0.39 is 0 Å². The molecule has 2 aromatic rings. The molecule has 0 fully saturated rings. The molecule has 21 heavy (non-hydrogen) atoms. The molecule has 2 aromatic carbocycles. The monoisotopic (exact) mass is 281 g/mol. The second-order valence-electron chi connectivity index (χ2n) is 5.91. The van der Waals surface area contributed by atoms with Gasteiger partial charge in [-0.05, 0) is 54.0 Å². The molecule has 0 bridgehead atoms.